The van der Waals surface area contributed by atoms with Gasteiger partial charge >= 0.3 is 11.9 Å². The fourth-order valence-electron chi connectivity index (χ4n) is 1.86. The van der Waals surface area contributed by atoms with Crippen LogP contribution in [-0.2, 0) is 19.4 Å². The first-order valence-corrected chi connectivity index (χ1v) is 10.4. The molecule has 0 saturated heterocycles. The Bertz CT molecular complexity index is 790. The zero-order valence-corrected chi connectivity index (χ0v) is 15.2. The summed E-state index contributed by atoms with van der Waals surface area (Å²) in [6.45, 7) is 0. The Kier molecular flexibility index (Phi) is 6.51. The molecular weight excluding hydrogens is 384 g/mol. The molecule has 132 valence electrons. The molecule has 25 heavy (non-hydrogen) atoms. The molecule has 0 radical (unpaired) electrons. The summed E-state index contributed by atoms with van der Waals surface area (Å²) in [4.78, 5) is 22.6. The largest absolute Gasteiger partial charge is 0.481 e. The second-order valence-electron chi connectivity index (χ2n) is 4.81. The lowest BCUT2D eigenvalue weighted by Gasteiger charge is -2.07. The van der Waals surface area contributed by atoms with Crippen LogP contribution in [0.1, 0.15) is 0 Å². The van der Waals surface area contributed by atoms with Crippen molar-refractivity contribution in [2.75, 3.05) is 11.5 Å². The zero-order chi connectivity index (χ0) is 18.4. The summed E-state index contributed by atoms with van der Waals surface area (Å²) in [5.74, 6) is -2.08. The van der Waals surface area contributed by atoms with Crippen LogP contribution in [0.3, 0.4) is 0 Å². The normalized spacial score (nSPS) is 11.2. The van der Waals surface area contributed by atoms with E-state index in [0.717, 1.165) is 23.5 Å². The third-order valence-corrected chi connectivity index (χ3v) is 6.77. The second-order valence-corrected chi connectivity index (χ2v) is 8.86. The van der Waals surface area contributed by atoms with Crippen LogP contribution >= 0.6 is 23.5 Å². The van der Waals surface area contributed by atoms with Crippen molar-refractivity contribution in [3.63, 3.8) is 0 Å². The summed E-state index contributed by atoms with van der Waals surface area (Å²) in [5.41, 5.74) is 0. The van der Waals surface area contributed by atoms with Crippen LogP contribution in [0.15, 0.2) is 68.1 Å². The third-order valence-electron chi connectivity index (χ3n) is 2.99. The predicted molar refractivity (Wildman–Crippen MR) is 95.1 cm³/mol. The van der Waals surface area contributed by atoms with Crippen LogP contribution in [0.4, 0.5) is 0 Å². The second kappa shape index (κ2) is 8.41. The first-order valence-electron chi connectivity index (χ1n) is 6.93. The van der Waals surface area contributed by atoms with E-state index in [9.17, 15) is 18.0 Å². The minimum Gasteiger partial charge on any atom is -0.481 e. The van der Waals surface area contributed by atoms with Crippen LogP contribution in [0.5, 0.6) is 0 Å². The monoisotopic (exact) mass is 398 g/mol. The van der Waals surface area contributed by atoms with E-state index < -0.39 is 21.8 Å². The number of carboxylic acids is 2. The molecule has 9 heteroatoms. The highest BCUT2D eigenvalue weighted by molar-refractivity contribution is 8.00. The first-order chi connectivity index (χ1) is 11.8. The fourth-order valence-corrected chi connectivity index (χ4v) is 4.35. The Hall–Kier alpha value is -1.97. The van der Waals surface area contributed by atoms with E-state index in [2.05, 4.69) is 0 Å². The highest BCUT2D eigenvalue weighted by atomic mass is 32.2. The number of carboxylic acid groups (broad SMARTS) is 2. The van der Waals surface area contributed by atoms with Crippen LogP contribution in [0, 0.1) is 0 Å². The summed E-state index contributed by atoms with van der Waals surface area (Å²) in [6.07, 6.45) is 0. The molecule has 0 atom stereocenters. The van der Waals surface area contributed by atoms with Crippen LogP contribution in [0.25, 0.3) is 0 Å². The average molecular weight is 398 g/mol. The van der Waals surface area contributed by atoms with Crippen molar-refractivity contribution in [2.24, 2.45) is 0 Å². The van der Waals surface area contributed by atoms with E-state index in [4.69, 9.17) is 10.2 Å². The standard InChI is InChI=1S/C16H14O6S3/c17-15(18)9-23-11-1-5-13(6-2-11)25(21,22)14-7-3-12(4-8-14)24-10-16(19)20/h1-8H,9-10H2,(H,17,18)(H,19,20). The van der Waals surface area contributed by atoms with Crippen molar-refractivity contribution in [2.45, 2.75) is 19.6 Å². The van der Waals surface area contributed by atoms with Gasteiger partial charge < -0.3 is 10.2 Å². The first kappa shape index (κ1) is 19.4. The van der Waals surface area contributed by atoms with Gasteiger partial charge in [-0.05, 0) is 48.5 Å². The molecule has 2 aromatic carbocycles. The number of hydrogen-bond donors (Lipinski definition) is 2. The Morgan fingerprint density at radius 2 is 1.04 bits per heavy atom. The maximum atomic E-state index is 12.6. The van der Waals surface area contributed by atoms with Gasteiger partial charge in [0.25, 0.3) is 0 Å². The highest BCUT2D eigenvalue weighted by Crippen LogP contribution is 2.26. The summed E-state index contributed by atoms with van der Waals surface area (Å²) in [5, 5.41) is 17.3. The Morgan fingerprint density at radius 3 is 1.32 bits per heavy atom. The number of sulfone groups is 1. The number of carbonyl (C=O) groups is 2. The van der Waals surface area contributed by atoms with Crippen molar-refractivity contribution in [1.29, 1.82) is 0 Å². The van der Waals surface area contributed by atoms with Gasteiger partial charge in [-0.25, -0.2) is 8.42 Å². The molecule has 0 aliphatic heterocycles. The molecule has 0 heterocycles. The molecule has 2 N–H and O–H groups in total. The minimum atomic E-state index is -3.69. The van der Waals surface area contributed by atoms with Crippen molar-refractivity contribution in [3.8, 4) is 0 Å². The molecule has 0 spiro atoms. The molecule has 0 aromatic heterocycles. The molecule has 0 bridgehead atoms. The van der Waals surface area contributed by atoms with Gasteiger partial charge in [0.05, 0.1) is 21.3 Å². The van der Waals surface area contributed by atoms with E-state index in [1.807, 2.05) is 0 Å². The van der Waals surface area contributed by atoms with Crippen molar-refractivity contribution >= 4 is 45.3 Å². The van der Waals surface area contributed by atoms with Gasteiger partial charge in [0.15, 0.2) is 0 Å². The SMILES string of the molecule is O=C(O)CSc1ccc(S(=O)(=O)c2ccc(SCC(=O)O)cc2)cc1. The zero-order valence-electron chi connectivity index (χ0n) is 12.8. The van der Waals surface area contributed by atoms with E-state index >= 15 is 0 Å². The van der Waals surface area contributed by atoms with Crippen molar-refractivity contribution in [1.82, 2.24) is 0 Å². The van der Waals surface area contributed by atoms with Gasteiger partial charge in [-0.3, -0.25) is 9.59 Å². The molecule has 2 rings (SSSR count). The van der Waals surface area contributed by atoms with Gasteiger partial charge in [0.2, 0.25) is 9.84 Å². The van der Waals surface area contributed by atoms with Crippen LogP contribution in [0.2, 0.25) is 0 Å². The molecule has 0 fully saturated rings. The van der Waals surface area contributed by atoms with E-state index in [0.29, 0.717) is 9.79 Å². The van der Waals surface area contributed by atoms with Gasteiger partial charge in [0.1, 0.15) is 0 Å². The summed E-state index contributed by atoms with van der Waals surface area (Å²) < 4.78 is 25.2. The number of hydrogen-bond acceptors (Lipinski definition) is 6. The summed E-state index contributed by atoms with van der Waals surface area (Å²) in [6, 6.07) is 12.0. The molecular formula is C16H14O6S3. The van der Waals surface area contributed by atoms with Crippen LogP contribution in [-0.4, -0.2) is 42.1 Å². The van der Waals surface area contributed by atoms with Crippen LogP contribution < -0.4 is 0 Å². The Labute approximate surface area is 153 Å². The molecule has 0 saturated carbocycles. The smallest absolute Gasteiger partial charge is 0.313 e. The maximum Gasteiger partial charge on any atom is 0.313 e. The van der Waals surface area contributed by atoms with Gasteiger partial charge in [-0.15, -0.1) is 23.5 Å². The van der Waals surface area contributed by atoms with Gasteiger partial charge in [-0.1, -0.05) is 0 Å². The lowest BCUT2D eigenvalue weighted by molar-refractivity contribution is -0.134. The fraction of sp³-hybridized carbons (Fsp3) is 0.125. The number of thioether (sulfide) groups is 2. The average Bonchev–Trinajstić information content (AvgIpc) is 2.59. The summed E-state index contributed by atoms with van der Waals surface area (Å²) in [7, 11) is -3.69. The summed E-state index contributed by atoms with van der Waals surface area (Å²) >= 11 is 2.22. The number of rotatable bonds is 8. The quantitative estimate of drug-likeness (QED) is 0.654. The Morgan fingerprint density at radius 1 is 0.720 bits per heavy atom. The topological polar surface area (TPSA) is 109 Å². The maximum absolute atomic E-state index is 12.6. The lowest BCUT2D eigenvalue weighted by atomic mass is 10.4. The highest BCUT2D eigenvalue weighted by Gasteiger charge is 2.17. The molecule has 0 amide bonds. The number of aliphatic carboxylic acids is 2. The number of benzene rings is 2. The molecule has 0 unspecified atom stereocenters. The molecule has 0 aliphatic carbocycles. The van der Waals surface area contributed by atoms with Crippen molar-refractivity contribution < 1.29 is 28.2 Å². The predicted octanol–water partition coefficient (Wildman–Crippen LogP) is 2.87. The van der Waals surface area contributed by atoms with E-state index in [1.54, 1.807) is 24.3 Å². The minimum absolute atomic E-state index is 0.0957. The van der Waals surface area contributed by atoms with E-state index in [-0.39, 0.29) is 21.3 Å². The third kappa shape index (κ3) is 5.52. The molecule has 6 nitrogen and oxygen atoms in total. The van der Waals surface area contributed by atoms with Gasteiger partial charge in [-0.2, -0.15) is 0 Å². The van der Waals surface area contributed by atoms with Crippen molar-refractivity contribution in [3.05, 3.63) is 48.5 Å². The van der Waals surface area contributed by atoms with E-state index in [1.165, 1.54) is 24.3 Å². The molecule has 0 aliphatic rings. The lowest BCUT2D eigenvalue weighted by Crippen LogP contribution is -2.02. The molecule has 2 aromatic rings. The van der Waals surface area contributed by atoms with Gasteiger partial charge in [0, 0.05) is 9.79 Å². The Balaban J connectivity index is 2.14.